The zero-order valence-electron chi connectivity index (χ0n) is 11.2. The van der Waals surface area contributed by atoms with Crippen LogP contribution in [-0.2, 0) is 16.3 Å². The van der Waals surface area contributed by atoms with E-state index >= 15 is 0 Å². The van der Waals surface area contributed by atoms with Crippen LogP contribution in [0.3, 0.4) is 0 Å². The molecule has 0 aliphatic heterocycles. The van der Waals surface area contributed by atoms with E-state index in [1.807, 2.05) is 11.3 Å². The summed E-state index contributed by atoms with van der Waals surface area (Å²) >= 11 is 1.81. The molecule has 1 heterocycles. The summed E-state index contributed by atoms with van der Waals surface area (Å²) in [7, 11) is -3.03. The molecule has 2 rings (SSSR count). The lowest BCUT2D eigenvalue weighted by molar-refractivity contribution is 0.432. The first-order valence-corrected chi connectivity index (χ1v) is 9.07. The standard InChI is InChI=1S/C13H21NO2S2/c1-13(2,18(3,15)16)9-14-11-5-4-6-12-10(11)7-8-17-12/h7-8,11,14H,4-6,9H2,1-3H3. The summed E-state index contributed by atoms with van der Waals surface area (Å²) < 4.78 is 22.7. The lowest BCUT2D eigenvalue weighted by Crippen LogP contribution is -2.43. The van der Waals surface area contributed by atoms with Crippen LogP contribution in [0.1, 0.15) is 43.2 Å². The summed E-state index contributed by atoms with van der Waals surface area (Å²) in [4.78, 5) is 1.45. The Morgan fingerprint density at radius 2 is 2.22 bits per heavy atom. The van der Waals surface area contributed by atoms with Gasteiger partial charge in [0.05, 0.1) is 4.75 Å². The SMILES string of the molecule is CC(C)(CNC1CCCc2sccc21)S(C)(=O)=O. The van der Waals surface area contributed by atoms with E-state index in [2.05, 4.69) is 16.8 Å². The average molecular weight is 287 g/mol. The van der Waals surface area contributed by atoms with Crippen molar-refractivity contribution in [3.63, 3.8) is 0 Å². The van der Waals surface area contributed by atoms with Gasteiger partial charge in [0.1, 0.15) is 0 Å². The van der Waals surface area contributed by atoms with Crippen molar-refractivity contribution >= 4 is 21.2 Å². The second-order valence-electron chi connectivity index (χ2n) is 5.66. The highest BCUT2D eigenvalue weighted by molar-refractivity contribution is 7.92. The summed E-state index contributed by atoms with van der Waals surface area (Å²) in [5, 5.41) is 5.57. The molecule has 5 heteroatoms. The van der Waals surface area contributed by atoms with Gasteiger partial charge in [0.2, 0.25) is 0 Å². The normalized spacial score (nSPS) is 20.7. The van der Waals surface area contributed by atoms with E-state index in [9.17, 15) is 8.42 Å². The van der Waals surface area contributed by atoms with Crippen molar-refractivity contribution in [2.45, 2.75) is 43.9 Å². The smallest absolute Gasteiger partial charge is 0.153 e. The molecular weight excluding hydrogens is 266 g/mol. The number of sulfone groups is 1. The van der Waals surface area contributed by atoms with Gasteiger partial charge >= 0.3 is 0 Å². The third-order valence-corrected chi connectivity index (χ3v) is 6.98. The Labute approximate surface area is 114 Å². The molecule has 18 heavy (non-hydrogen) atoms. The second-order valence-corrected chi connectivity index (χ2v) is 9.31. The van der Waals surface area contributed by atoms with Crippen LogP contribution < -0.4 is 5.32 Å². The van der Waals surface area contributed by atoms with Gasteiger partial charge in [-0.05, 0) is 50.1 Å². The number of fused-ring (bicyclic) bond motifs is 1. The third-order valence-electron chi connectivity index (χ3n) is 3.83. The van der Waals surface area contributed by atoms with Gasteiger partial charge < -0.3 is 5.32 Å². The van der Waals surface area contributed by atoms with Crippen LogP contribution >= 0.6 is 11.3 Å². The minimum atomic E-state index is -3.03. The van der Waals surface area contributed by atoms with Gasteiger partial charge in [-0.25, -0.2) is 8.42 Å². The highest BCUT2D eigenvalue weighted by Gasteiger charge is 2.31. The van der Waals surface area contributed by atoms with Gasteiger partial charge in [0.15, 0.2) is 9.84 Å². The Bertz CT molecular complexity index is 517. The van der Waals surface area contributed by atoms with Crippen LogP contribution in [-0.4, -0.2) is 26.0 Å². The molecule has 1 unspecified atom stereocenters. The first-order chi connectivity index (χ1) is 8.31. The molecule has 1 aromatic heterocycles. The monoisotopic (exact) mass is 287 g/mol. The van der Waals surface area contributed by atoms with Crippen molar-refractivity contribution in [1.82, 2.24) is 5.32 Å². The molecule has 1 N–H and O–H groups in total. The van der Waals surface area contributed by atoms with Crippen molar-refractivity contribution in [2.24, 2.45) is 0 Å². The molecule has 0 spiro atoms. The van der Waals surface area contributed by atoms with E-state index < -0.39 is 14.6 Å². The molecule has 0 aromatic carbocycles. The largest absolute Gasteiger partial charge is 0.308 e. The second kappa shape index (κ2) is 4.94. The van der Waals surface area contributed by atoms with E-state index in [-0.39, 0.29) is 0 Å². The molecule has 0 radical (unpaired) electrons. The summed E-state index contributed by atoms with van der Waals surface area (Å²) in [6.07, 6.45) is 4.76. The van der Waals surface area contributed by atoms with Crippen LogP contribution in [0.25, 0.3) is 0 Å². The third kappa shape index (κ3) is 2.78. The maximum Gasteiger partial charge on any atom is 0.153 e. The average Bonchev–Trinajstić information content (AvgIpc) is 2.73. The molecule has 1 aliphatic carbocycles. The zero-order chi connectivity index (χ0) is 13.4. The molecule has 0 amide bonds. The van der Waals surface area contributed by atoms with Crippen molar-refractivity contribution in [3.8, 4) is 0 Å². The van der Waals surface area contributed by atoms with Crippen molar-refractivity contribution < 1.29 is 8.42 Å². The lowest BCUT2D eigenvalue weighted by Gasteiger charge is -2.29. The van der Waals surface area contributed by atoms with Crippen LogP contribution in [0.2, 0.25) is 0 Å². The fourth-order valence-electron chi connectivity index (χ4n) is 2.20. The number of aryl methyl sites for hydroxylation is 1. The maximum atomic E-state index is 11.7. The number of hydrogen-bond acceptors (Lipinski definition) is 4. The minimum absolute atomic E-state index is 0.320. The van der Waals surface area contributed by atoms with Crippen LogP contribution in [0.15, 0.2) is 11.4 Å². The number of rotatable bonds is 4. The first-order valence-electron chi connectivity index (χ1n) is 6.30. The molecular formula is C13H21NO2S2. The van der Waals surface area contributed by atoms with Gasteiger partial charge in [0.25, 0.3) is 0 Å². The van der Waals surface area contributed by atoms with E-state index in [1.165, 1.54) is 29.5 Å². The van der Waals surface area contributed by atoms with E-state index in [4.69, 9.17) is 0 Å². The molecule has 1 aromatic rings. The molecule has 0 bridgehead atoms. The summed E-state index contributed by atoms with van der Waals surface area (Å²) in [6.45, 7) is 4.07. The van der Waals surface area contributed by atoms with Crippen LogP contribution in [0, 0.1) is 0 Å². The number of thiophene rings is 1. The van der Waals surface area contributed by atoms with Crippen LogP contribution in [0.4, 0.5) is 0 Å². The van der Waals surface area contributed by atoms with Gasteiger partial charge in [-0.2, -0.15) is 0 Å². The Kier molecular flexibility index (Phi) is 3.85. The fourth-order valence-corrected chi connectivity index (χ4v) is 3.53. The van der Waals surface area contributed by atoms with Gasteiger partial charge in [-0.15, -0.1) is 11.3 Å². The Hall–Kier alpha value is -0.390. The molecule has 1 atom stereocenters. The molecule has 0 saturated carbocycles. The van der Waals surface area contributed by atoms with Crippen LogP contribution in [0.5, 0.6) is 0 Å². The quantitative estimate of drug-likeness (QED) is 0.925. The zero-order valence-corrected chi connectivity index (χ0v) is 12.8. The number of hydrogen-bond donors (Lipinski definition) is 1. The predicted octanol–water partition coefficient (Wildman–Crippen LogP) is 2.54. The molecule has 0 fully saturated rings. The maximum absolute atomic E-state index is 11.7. The van der Waals surface area contributed by atoms with Gasteiger partial charge in [-0.3, -0.25) is 0 Å². The van der Waals surface area contributed by atoms with Crippen molar-refractivity contribution in [3.05, 3.63) is 21.9 Å². The summed E-state index contributed by atoms with van der Waals surface area (Å²) in [5.41, 5.74) is 1.37. The van der Waals surface area contributed by atoms with Gasteiger partial charge in [0, 0.05) is 23.7 Å². The fraction of sp³-hybridized carbons (Fsp3) is 0.692. The molecule has 3 nitrogen and oxygen atoms in total. The van der Waals surface area contributed by atoms with Crippen molar-refractivity contribution in [2.75, 3.05) is 12.8 Å². The van der Waals surface area contributed by atoms with Gasteiger partial charge in [-0.1, -0.05) is 0 Å². The minimum Gasteiger partial charge on any atom is -0.308 e. The molecule has 1 aliphatic rings. The number of nitrogens with one attached hydrogen (secondary N) is 1. The topological polar surface area (TPSA) is 46.2 Å². The molecule has 102 valence electrons. The van der Waals surface area contributed by atoms with E-state index in [1.54, 1.807) is 13.8 Å². The Balaban J connectivity index is 2.05. The van der Waals surface area contributed by atoms with E-state index in [0.29, 0.717) is 12.6 Å². The highest BCUT2D eigenvalue weighted by Crippen LogP contribution is 2.33. The van der Waals surface area contributed by atoms with E-state index in [0.717, 1.165) is 6.42 Å². The molecule has 0 saturated heterocycles. The predicted molar refractivity (Wildman–Crippen MR) is 76.9 cm³/mol. The lowest BCUT2D eigenvalue weighted by atomic mass is 9.94. The Morgan fingerprint density at radius 3 is 2.89 bits per heavy atom. The Morgan fingerprint density at radius 1 is 1.50 bits per heavy atom. The first kappa shape index (κ1) is 14.0. The van der Waals surface area contributed by atoms with Crippen molar-refractivity contribution in [1.29, 1.82) is 0 Å². The highest BCUT2D eigenvalue weighted by atomic mass is 32.2. The summed E-state index contributed by atoms with van der Waals surface area (Å²) in [6, 6.07) is 2.49. The summed E-state index contributed by atoms with van der Waals surface area (Å²) in [5.74, 6) is 0.